The van der Waals surface area contributed by atoms with E-state index in [2.05, 4.69) is 5.10 Å². The van der Waals surface area contributed by atoms with Crippen molar-refractivity contribution in [3.05, 3.63) is 17.0 Å². The zero-order valence-electron chi connectivity index (χ0n) is 10.3. The van der Waals surface area contributed by atoms with E-state index in [1.54, 1.807) is 0 Å². The molecule has 1 aromatic heterocycles. The highest BCUT2D eigenvalue weighted by atomic mass is 19.4. The molecule has 0 fully saturated rings. The molecule has 1 heterocycles. The van der Waals surface area contributed by atoms with Crippen LogP contribution in [0.4, 0.5) is 22.0 Å². The minimum Gasteiger partial charge on any atom is -0.480 e. The lowest BCUT2D eigenvalue weighted by atomic mass is 9.98. The molecule has 1 atom stereocenters. The fourth-order valence-corrected chi connectivity index (χ4v) is 2.56. The quantitative estimate of drug-likeness (QED) is 0.873. The number of nitrogens with zero attached hydrogens (tertiary/aromatic N) is 2. The standard InChI is InChI=1S/C11H11F5N2O2/c1-2-5-3-10(12,13)9-7(5)8(11(14,15)16)17-18(9)4-6(19)20/h5H,2-4H2,1H3,(H,19,20)/t5-/m0/s1. The van der Waals surface area contributed by atoms with Crippen molar-refractivity contribution in [2.45, 2.75) is 44.3 Å². The van der Waals surface area contributed by atoms with Gasteiger partial charge in [0.2, 0.25) is 0 Å². The minimum atomic E-state index is -4.89. The van der Waals surface area contributed by atoms with Crippen molar-refractivity contribution >= 4 is 5.97 Å². The van der Waals surface area contributed by atoms with E-state index in [-0.39, 0.29) is 11.1 Å². The van der Waals surface area contributed by atoms with Gasteiger partial charge in [0.15, 0.2) is 5.69 Å². The maximum absolute atomic E-state index is 13.9. The lowest BCUT2D eigenvalue weighted by Crippen LogP contribution is -2.20. The van der Waals surface area contributed by atoms with Gasteiger partial charge in [0, 0.05) is 12.0 Å². The number of hydrogen-bond donors (Lipinski definition) is 1. The maximum Gasteiger partial charge on any atom is 0.435 e. The van der Waals surface area contributed by atoms with Crippen LogP contribution in [0.3, 0.4) is 0 Å². The zero-order chi connectivity index (χ0) is 15.3. The number of carboxylic acids is 1. The van der Waals surface area contributed by atoms with Crippen LogP contribution in [-0.2, 0) is 23.4 Å². The van der Waals surface area contributed by atoms with Crippen LogP contribution >= 0.6 is 0 Å². The first-order valence-electron chi connectivity index (χ1n) is 5.86. The van der Waals surface area contributed by atoms with Crippen LogP contribution in [-0.4, -0.2) is 20.9 Å². The summed E-state index contributed by atoms with van der Waals surface area (Å²) in [7, 11) is 0. The van der Waals surface area contributed by atoms with Crippen LogP contribution in [0.15, 0.2) is 0 Å². The Morgan fingerprint density at radius 1 is 1.50 bits per heavy atom. The Balaban J connectivity index is 2.67. The molecule has 0 aromatic carbocycles. The molecule has 1 aromatic rings. The fraction of sp³-hybridized carbons (Fsp3) is 0.636. The monoisotopic (exact) mass is 298 g/mol. The second kappa shape index (κ2) is 4.42. The second-order valence-electron chi connectivity index (χ2n) is 4.67. The van der Waals surface area contributed by atoms with Crippen LogP contribution in [0.5, 0.6) is 0 Å². The number of alkyl halides is 5. The van der Waals surface area contributed by atoms with E-state index in [9.17, 15) is 26.7 Å². The Bertz CT molecular complexity index is 550. The Kier molecular flexibility index (Phi) is 3.26. The zero-order valence-corrected chi connectivity index (χ0v) is 10.3. The molecule has 0 unspecified atom stereocenters. The number of aromatic nitrogens is 2. The lowest BCUT2D eigenvalue weighted by molar-refractivity contribution is -0.144. The molecule has 1 aliphatic carbocycles. The summed E-state index contributed by atoms with van der Waals surface area (Å²) in [5.41, 5.74) is -2.89. The SMILES string of the molecule is CC[C@H]1CC(F)(F)c2c1c(C(F)(F)F)nn2CC(=O)O. The topological polar surface area (TPSA) is 55.1 Å². The van der Waals surface area contributed by atoms with Crippen LogP contribution < -0.4 is 0 Å². The van der Waals surface area contributed by atoms with Crippen LogP contribution in [0.1, 0.15) is 42.6 Å². The van der Waals surface area contributed by atoms with Gasteiger partial charge in [-0.1, -0.05) is 6.92 Å². The first-order chi connectivity index (χ1) is 9.08. The van der Waals surface area contributed by atoms with Crippen LogP contribution in [0.25, 0.3) is 0 Å². The van der Waals surface area contributed by atoms with Gasteiger partial charge in [0.05, 0.1) is 0 Å². The molecule has 0 amide bonds. The van der Waals surface area contributed by atoms with Crippen molar-refractivity contribution in [3.8, 4) is 0 Å². The highest BCUT2D eigenvalue weighted by Crippen LogP contribution is 2.53. The molecule has 20 heavy (non-hydrogen) atoms. The van der Waals surface area contributed by atoms with E-state index < -0.39 is 53.9 Å². The highest BCUT2D eigenvalue weighted by molar-refractivity contribution is 5.66. The summed E-state index contributed by atoms with van der Waals surface area (Å²) in [6, 6.07) is 0. The smallest absolute Gasteiger partial charge is 0.435 e. The first kappa shape index (κ1) is 14.7. The number of aliphatic carboxylic acids is 1. The maximum atomic E-state index is 13.9. The van der Waals surface area contributed by atoms with E-state index in [4.69, 9.17) is 5.11 Å². The van der Waals surface area contributed by atoms with Gasteiger partial charge in [-0.15, -0.1) is 0 Å². The summed E-state index contributed by atoms with van der Waals surface area (Å²) < 4.78 is 66.7. The van der Waals surface area contributed by atoms with Crippen molar-refractivity contribution in [2.24, 2.45) is 0 Å². The summed E-state index contributed by atoms with van der Waals surface area (Å²) in [6.07, 6.45) is -5.54. The summed E-state index contributed by atoms with van der Waals surface area (Å²) in [5, 5.41) is 11.7. The predicted molar refractivity (Wildman–Crippen MR) is 56.4 cm³/mol. The minimum absolute atomic E-state index is 0.102. The number of carboxylic acid groups (broad SMARTS) is 1. The van der Waals surface area contributed by atoms with Gasteiger partial charge in [0.25, 0.3) is 5.92 Å². The normalized spacial score (nSPS) is 21.0. The Morgan fingerprint density at radius 2 is 2.10 bits per heavy atom. The Hall–Kier alpha value is -1.67. The molecule has 4 nitrogen and oxygen atoms in total. The fourth-order valence-electron chi connectivity index (χ4n) is 2.56. The molecule has 112 valence electrons. The molecule has 0 aliphatic heterocycles. The average molecular weight is 298 g/mol. The van der Waals surface area contributed by atoms with Crippen molar-refractivity contribution in [3.63, 3.8) is 0 Å². The largest absolute Gasteiger partial charge is 0.480 e. The van der Waals surface area contributed by atoms with E-state index in [1.807, 2.05) is 0 Å². The molecular weight excluding hydrogens is 287 g/mol. The summed E-state index contributed by atoms with van der Waals surface area (Å²) in [5.74, 6) is -6.00. The number of hydrogen-bond acceptors (Lipinski definition) is 2. The molecule has 0 saturated heterocycles. The van der Waals surface area contributed by atoms with Crippen molar-refractivity contribution in [1.82, 2.24) is 9.78 Å². The van der Waals surface area contributed by atoms with Gasteiger partial charge in [-0.05, 0) is 12.3 Å². The van der Waals surface area contributed by atoms with Gasteiger partial charge >= 0.3 is 12.1 Å². The van der Waals surface area contributed by atoms with Crippen LogP contribution in [0.2, 0.25) is 0 Å². The highest BCUT2D eigenvalue weighted by Gasteiger charge is 2.53. The third-order valence-corrected chi connectivity index (χ3v) is 3.29. The molecule has 1 aliphatic rings. The molecule has 0 spiro atoms. The number of halogens is 5. The molecule has 0 bridgehead atoms. The molecule has 0 radical (unpaired) electrons. The number of rotatable bonds is 3. The number of fused-ring (bicyclic) bond motifs is 1. The third-order valence-electron chi connectivity index (χ3n) is 3.29. The van der Waals surface area contributed by atoms with Crippen molar-refractivity contribution < 1.29 is 31.9 Å². The van der Waals surface area contributed by atoms with E-state index in [0.29, 0.717) is 0 Å². The summed E-state index contributed by atoms with van der Waals surface area (Å²) in [4.78, 5) is 10.6. The van der Waals surface area contributed by atoms with Gasteiger partial charge in [-0.3, -0.25) is 9.48 Å². The van der Waals surface area contributed by atoms with E-state index in [0.717, 1.165) is 0 Å². The summed E-state index contributed by atoms with van der Waals surface area (Å²) >= 11 is 0. The first-order valence-corrected chi connectivity index (χ1v) is 5.86. The molecular formula is C11H11F5N2O2. The van der Waals surface area contributed by atoms with Crippen molar-refractivity contribution in [2.75, 3.05) is 0 Å². The van der Waals surface area contributed by atoms with Gasteiger partial charge in [-0.2, -0.15) is 27.1 Å². The lowest BCUT2D eigenvalue weighted by Gasteiger charge is -2.13. The molecule has 2 rings (SSSR count). The average Bonchev–Trinajstić information content (AvgIpc) is 2.75. The summed E-state index contributed by atoms with van der Waals surface area (Å²) in [6.45, 7) is 0.481. The third kappa shape index (κ3) is 2.25. The van der Waals surface area contributed by atoms with Gasteiger partial charge in [-0.25, -0.2) is 0 Å². The Labute approximate surface area is 110 Å². The number of carbonyl (C=O) groups is 1. The predicted octanol–water partition coefficient (Wildman–Crippen LogP) is 2.98. The molecule has 0 saturated carbocycles. The van der Waals surface area contributed by atoms with E-state index in [1.165, 1.54) is 6.92 Å². The second-order valence-corrected chi connectivity index (χ2v) is 4.67. The van der Waals surface area contributed by atoms with Crippen LogP contribution in [0, 0.1) is 0 Å². The Morgan fingerprint density at radius 3 is 2.55 bits per heavy atom. The molecule has 1 N–H and O–H groups in total. The van der Waals surface area contributed by atoms with Crippen molar-refractivity contribution in [1.29, 1.82) is 0 Å². The van der Waals surface area contributed by atoms with E-state index >= 15 is 0 Å². The van der Waals surface area contributed by atoms with Gasteiger partial charge < -0.3 is 5.11 Å². The van der Waals surface area contributed by atoms with Gasteiger partial charge in [0.1, 0.15) is 12.2 Å². The molecule has 9 heteroatoms.